The first-order valence-electron chi connectivity index (χ1n) is 6.21. The average molecular weight is 246 g/mol. The molecule has 1 heterocycles. The fourth-order valence-electron chi connectivity index (χ4n) is 2.21. The molecular weight excluding hydrogens is 228 g/mol. The molecule has 1 aliphatic heterocycles. The lowest BCUT2D eigenvalue weighted by atomic mass is 10.0. The molecule has 1 aliphatic rings. The maximum Gasteiger partial charge on any atom is 0.247 e. The predicted octanol–water partition coefficient (Wildman–Crippen LogP) is 1.34. The molecule has 2 amide bonds. The smallest absolute Gasteiger partial charge is 0.247 e. The highest BCUT2D eigenvalue weighted by atomic mass is 16.2. The fourth-order valence-corrected chi connectivity index (χ4v) is 2.21. The Kier molecular flexibility index (Phi) is 3.65. The quantitative estimate of drug-likeness (QED) is 0.875. The van der Waals surface area contributed by atoms with Crippen LogP contribution in [-0.2, 0) is 9.59 Å². The first-order chi connectivity index (χ1) is 8.59. The summed E-state index contributed by atoms with van der Waals surface area (Å²) < 4.78 is 0. The van der Waals surface area contributed by atoms with Gasteiger partial charge in [-0.3, -0.25) is 9.59 Å². The lowest BCUT2D eigenvalue weighted by Gasteiger charge is -2.36. The van der Waals surface area contributed by atoms with E-state index in [9.17, 15) is 9.59 Å². The molecule has 1 fully saturated rings. The fraction of sp³-hybridized carbons (Fsp3) is 0.429. The summed E-state index contributed by atoms with van der Waals surface area (Å²) in [5.41, 5.74) is 0.865. The van der Waals surface area contributed by atoms with Crippen molar-refractivity contribution in [3.8, 4) is 0 Å². The van der Waals surface area contributed by atoms with Crippen molar-refractivity contribution in [3.63, 3.8) is 0 Å². The van der Waals surface area contributed by atoms with Gasteiger partial charge in [-0.15, -0.1) is 0 Å². The second kappa shape index (κ2) is 5.21. The zero-order chi connectivity index (χ0) is 13.1. The molecule has 4 nitrogen and oxygen atoms in total. The molecule has 0 saturated carbocycles. The Morgan fingerprint density at radius 1 is 1.28 bits per heavy atom. The van der Waals surface area contributed by atoms with Gasteiger partial charge in [-0.1, -0.05) is 44.2 Å². The Morgan fingerprint density at radius 2 is 1.94 bits per heavy atom. The standard InChI is InChI=1S/C14H18N2O2/c1-10(2)9-16-12(17)8-15-14(18)13(16)11-6-4-3-5-7-11/h3-7,10,13H,8-9H2,1-2H3,(H,15,18). The SMILES string of the molecule is CC(C)CN1C(=O)CNC(=O)C1c1ccccc1. The molecular formula is C14H18N2O2. The lowest BCUT2D eigenvalue weighted by molar-refractivity contribution is -0.146. The molecule has 4 heteroatoms. The van der Waals surface area contributed by atoms with Gasteiger partial charge in [0, 0.05) is 6.54 Å². The van der Waals surface area contributed by atoms with Crippen LogP contribution in [0.1, 0.15) is 25.5 Å². The second-order valence-electron chi connectivity index (χ2n) is 4.97. The first kappa shape index (κ1) is 12.6. The summed E-state index contributed by atoms with van der Waals surface area (Å²) in [6.45, 7) is 4.80. The van der Waals surface area contributed by atoms with E-state index in [4.69, 9.17) is 0 Å². The number of amides is 2. The summed E-state index contributed by atoms with van der Waals surface area (Å²) in [5, 5.41) is 2.65. The van der Waals surface area contributed by atoms with Crippen molar-refractivity contribution < 1.29 is 9.59 Å². The summed E-state index contributed by atoms with van der Waals surface area (Å²) in [6.07, 6.45) is 0. The molecule has 0 aromatic heterocycles. The van der Waals surface area contributed by atoms with Crippen LogP contribution in [0.5, 0.6) is 0 Å². The largest absolute Gasteiger partial charge is 0.345 e. The highest BCUT2D eigenvalue weighted by Gasteiger charge is 2.35. The van der Waals surface area contributed by atoms with Crippen molar-refractivity contribution in [2.45, 2.75) is 19.9 Å². The number of nitrogens with zero attached hydrogens (tertiary/aromatic N) is 1. The minimum absolute atomic E-state index is 0.0165. The van der Waals surface area contributed by atoms with Crippen LogP contribution in [-0.4, -0.2) is 29.8 Å². The molecule has 2 rings (SSSR count). The van der Waals surface area contributed by atoms with Gasteiger partial charge in [-0.25, -0.2) is 0 Å². The van der Waals surface area contributed by atoms with E-state index < -0.39 is 6.04 Å². The van der Waals surface area contributed by atoms with E-state index in [0.29, 0.717) is 12.5 Å². The zero-order valence-corrected chi connectivity index (χ0v) is 10.7. The van der Waals surface area contributed by atoms with Gasteiger partial charge in [-0.05, 0) is 11.5 Å². The van der Waals surface area contributed by atoms with Crippen LogP contribution in [0.3, 0.4) is 0 Å². The van der Waals surface area contributed by atoms with E-state index in [2.05, 4.69) is 5.32 Å². The average Bonchev–Trinajstić information content (AvgIpc) is 2.35. The molecule has 1 N–H and O–H groups in total. The van der Waals surface area contributed by atoms with Gasteiger partial charge in [-0.2, -0.15) is 0 Å². The number of nitrogens with one attached hydrogen (secondary N) is 1. The molecule has 1 saturated heterocycles. The van der Waals surface area contributed by atoms with Gasteiger partial charge < -0.3 is 10.2 Å². The number of hydrogen-bond donors (Lipinski definition) is 1. The Labute approximate surface area is 107 Å². The van der Waals surface area contributed by atoms with Crippen molar-refractivity contribution in [3.05, 3.63) is 35.9 Å². The van der Waals surface area contributed by atoms with E-state index in [1.165, 1.54) is 0 Å². The molecule has 1 aromatic rings. The third kappa shape index (κ3) is 2.53. The summed E-state index contributed by atoms with van der Waals surface area (Å²) in [4.78, 5) is 25.7. The van der Waals surface area contributed by atoms with Crippen molar-refractivity contribution in [1.29, 1.82) is 0 Å². The van der Waals surface area contributed by atoms with Gasteiger partial charge in [0.25, 0.3) is 0 Å². The number of hydrogen-bond acceptors (Lipinski definition) is 2. The molecule has 1 atom stereocenters. The van der Waals surface area contributed by atoms with E-state index in [-0.39, 0.29) is 18.4 Å². The van der Waals surface area contributed by atoms with Crippen LogP contribution in [0.2, 0.25) is 0 Å². The third-order valence-electron chi connectivity index (χ3n) is 2.97. The van der Waals surface area contributed by atoms with Gasteiger partial charge in [0.2, 0.25) is 11.8 Å². The lowest BCUT2D eigenvalue weighted by Crippen LogP contribution is -2.54. The number of carbonyl (C=O) groups excluding carboxylic acids is 2. The summed E-state index contributed by atoms with van der Waals surface area (Å²) in [6, 6.07) is 8.95. The van der Waals surface area contributed by atoms with E-state index in [0.717, 1.165) is 5.56 Å². The molecule has 0 bridgehead atoms. The zero-order valence-electron chi connectivity index (χ0n) is 10.7. The minimum atomic E-state index is -0.491. The molecule has 0 aliphatic carbocycles. The van der Waals surface area contributed by atoms with Crippen molar-refractivity contribution in [1.82, 2.24) is 10.2 Å². The Morgan fingerprint density at radius 3 is 2.56 bits per heavy atom. The van der Waals surface area contributed by atoms with Crippen LogP contribution in [0.25, 0.3) is 0 Å². The minimum Gasteiger partial charge on any atom is -0.345 e. The molecule has 18 heavy (non-hydrogen) atoms. The Hall–Kier alpha value is -1.84. The van der Waals surface area contributed by atoms with Crippen LogP contribution >= 0.6 is 0 Å². The number of carbonyl (C=O) groups is 2. The molecule has 1 unspecified atom stereocenters. The number of piperazine rings is 1. The van der Waals surface area contributed by atoms with Crippen molar-refractivity contribution in [2.24, 2.45) is 5.92 Å². The number of rotatable bonds is 3. The number of benzene rings is 1. The van der Waals surface area contributed by atoms with Crippen molar-refractivity contribution in [2.75, 3.05) is 13.1 Å². The highest BCUT2D eigenvalue weighted by Crippen LogP contribution is 2.24. The molecule has 0 radical (unpaired) electrons. The topological polar surface area (TPSA) is 49.4 Å². The second-order valence-corrected chi connectivity index (χ2v) is 4.97. The maximum atomic E-state index is 12.0. The third-order valence-corrected chi connectivity index (χ3v) is 2.97. The van der Waals surface area contributed by atoms with Gasteiger partial charge in [0.05, 0.1) is 6.54 Å². The van der Waals surface area contributed by atoms with E-state index in [1.807, 2.05) is 44.2 Å². The van der Waals surface area contributed by atoms with E-state index in [1.54, 1.807) is 4.90 Å². The van der Waals surface area contributed by atoms with Crippen LogP contribution < -0.4 is 5.32 Å². The Bertz CT molecular complexity index is 442. The Balaban J connectivity index is 2.32. The van der Waals surface area contributed by atoms with Crippen molar-refractivity contribution >= 4 is 11.8 Å². The molecule has 0 spiro atoms. The van der Waals surface area contributed by atoms with Crippen LogP contribution in [0.15, 0.2) is 30.3 Å². The molecule has 96 valence electrons. The van der Waals surface area contributed by atoms with Gasteiger partial charge in [0.15, 0.2) is 0 Å². The maximum absolute atomic E-state index is 12.0. The monoisotopic (exact) mass is 246 g/mol. The van der Waals surface area contributed by atoms with E-state index >= 15 is 0 Å². The van der Waals surface area contributed by atoms with Gasteiger partial charge >= 0.3 is 0 Å². The normalized spacial score (nSPS) is 20.2. The summed E-state index contributed by atoms with van der Waals surface area (Å²) in [7, 11) is 0. The van der Waals surface area contributed by atoms with Crippen LogP contribution in [0.4, 0.5) is 0 Å². The summed E-state index contributed by atoms with van der Waals surface area (Å²) in [5.74, 6) is 0.227. The van der Waals surface area contributed by atoms with Crippen LogP contribution in [0, 0.1) is 5.92 Å². The molecule has 1 aromatic carbocycles. The first-order valence-corrected chi connectivity index (χ1v) is 6.21. The predicted molar refractivity (Wildman–Crippen MR) is 68.7 cm³/mol. The summed E-state index contributed by atoms with van der Waals surface area (Å²) >= 11 is 0. The highest BCUT2D eigenvalue weighted by molar-refractivity contribution is 5.95. The van der Waals surface area contributed by atoms with Gasteiger partial charge in [0.1, 0.15) is 6.04 Å².